The van der Waals surface area contributed by atoms with Crippen LogP contribution < -0.4 is 4.90 Å². The van der Waals surface area contributed by atoms with Crippen LogP contribution in [0, 0.1) is 11.8 Å². The molecule has 0 aliphatic rings. The summed E-state index contributed by atoms with van der Waals surface area (Å²) in [6.45, 7) is 11.7. The second kappa shape index (κ2) is 25.8. The van der Waals surface area contributed by atoms with Gasteiger partial charge in [0.2, 0.25) is 0 Å². The Hall–Kier alpha value is -2.35. The van der Waals surface area contributed by atoms with Gasteiger partial charge in [-0.05, 0) is 60.8 Å². The molecule has 0 radical (unpaired) electrons. The van der Waals surface area contributed by atoms with Crippen molar-refractivity contribution in [3.8, 4) is 0 Å². The second-order valence-corrected chi connectivity index (χ2v) is 13.7. The van der Waals surface area contributed by atoms with E-state index in [0.29, 0.717) is 0 Å². The molecule has 252 valence electrons. The number of unbranched alkanes of at least 4 members (excludes halogenated alkanes) is 12. The van der Waals surface area contributed by atoms with Crippen molar-refractivity contribution in [2.45, 2.75) is 156 Å². The SMILES string of the molecule is CCCCCCC(CCCCCC)CN(CC(CCCCCC)CCCCCC)c1ccc(C=Cc2ccc(C=O)cc2)cc1. The zero-order chi connectivity index (χ0) is 32.4. The van der Waals surface area contributed by atoms with Gasteiger partial charge in [0, 0.05) is 24.3 Å². The summed E-state index contributed by atoms with van der Waals surface area (Å²) in [6.07, 6.45) is 32.6. The highest BCUT2D eigenvalue weighted by atomic mass is 16.1. The number of hydrogen-bond acceptors (Lipinski definition) is 2. The summed E-state index contributed by atoms with van der Waals surface area (Å²) in [7, 11) is 0. The lowest BCUT2D eigenvalue weighted by molar-refractivity contribution is 0.112. The first-order valence-electron chi connectivity index (χ1n) is 19.2. The maximum absolute atomic E-state index is 11.0. The predicted molar refractivity (Wildman–Crippen MR) is 201 cm³/mol. The van der Waals surface area contributed by atoms with Crippen LogP contribution in [0.4, 0.5) is 5.69 Å². The minimum absolute atomic E-state index is 0.722. The van der Waals surface area contributed by atoms with E-state index in [1.165, 1.54) is 153 Å². The fourth-order valence-corrected chi connectivity index (χ4v) is 6.68. The largest absolute Gasteiger partial charge is 0.371 e. The van der Waals surface area contributed by atoms with E-state index in [1.54, 1.807) is 0 Å². The third-order valence-electron chi connectivity index (χ3n) is 9.62. The molecule has 0 atom stereocenters. The average molecular weight is 616 g/mol. The highest BCUT2D eigenvalue weighted by molar-refractivity contribution is 5.76. The minimum Gasteiger partial charge on any atom is -0.371 e. The number of nitrogens with zero attached hydrogens (tertiary/aromatic N) is 1. The molecule has 0 N–H and O–H groups in total. The Labute approximate surface area is 279 Å². The van der Waals surface area contributed by atoms with Gasteiger partial charge in [0.05, 0.1) is 0 Å². The monoisotopic (exact) mass is 616 g/mol. The summed E-state index contributed by atoms with van der Waals surface area (Å²) < 4.78 is 0. The van der Waals surface area contributed by atoms with Crippen LogP contribution in [0.1, 0.15) is 178 Å². The Bertz CT molecular complexity index is 938. The van der Waals surface area contributed by atoms with Gasteiger partial charge in [0.1, 0.15) is 6.29 Å². The molecular weight excluding hydrogens is 546 g/mol. The molecule has 2 aromatic carbocycles. The highest BCUT2D eigenvalue weighted by Gasteiger charge is 2.19. The normalized spacial score (nSPS) is 11.7. The van der Waals surface area contributed by atoms with E-state index in [9.17, 15) is 4.79 Å². The molecule has 0 saturated heterocycles. The summed E-state index contributed by atoms with van der Waals surface area (Å²) in [5, 5.41) is 0. The standard InChI is InChI=1S/C43H69NO/c1-5-9-13-17-21-40(22-18-14-10-6-2)35-44(36-41(23-19-15-11-7-3)24-20-16-12-8-4)43-33-31-39(32-34-43)26-25-38-27-29-42(37-45)30-28-38/h25-34,37,40-41H,5-24,35-36H2,1-4H3. The molecule has 2 rings (SSSR count). The third-order valence-corrected chi connectivity index (χ3v) is 9.62. The van der Waals surface area contributed by atoms with Gasteiger partial charge < -0.3 is 4.90 Å². The number of benzene rings is 2. The first kappa shape index (κ1) is 38.8. The van der Waals surface area contributed by atoms with Gasteiger partial charge in [-0.3, -0.25) is 4.79 Å². The molecule has 45 heavy (non-hydrogen) atoms. The van der Waals surface area contributed by atoms with Gasteiger partial charge in [0.25, 0.3) is 0 Å². The van der Waals surface area contributed by atoms with E-state index in [4.69, 9.17) is 0 Å². The molecule has 0 amide bonds. The van der Waals surface area contributed by atoms with Gasteiger partial charge in [-0.25, -0.2) is 0 Å². The van der Waals surface area contributed by atoms with Crippen LogP contribution >= 0.6 is 0 Å². The highest BCUT2D eigenvalue weighted by Crippen LogP contribution is 2.28. The predicted octanol–water partition coefficient (Wildman–Crippen LogP) is 13.6. The van der Waals surface area contributed by atoms with E-state index in [1.807, 2.05) is 24.3 Å². The molecule has 0 unspecified atom stereocenters. The lowest BCUT2D eigenvalue weighted by Gasteiger charge is -2.33. The zero-order valence-electron chi connectivity index (χ0n) is 29.9. The van der Waals surface area contributed by atoms with Crippen molar-refractivity contribution < 1.29 is 4.79 Å². The maximum Gasteiger partial charge on any atom is 0.150 e. The van der Waals surface area contributed by atoms with Crippen LogP contribution in [0.25, 0.3) is 12.2 Å². The first-order chi connectivity index (χ1) is 22.1. The van der Waals surface area contributed by atoms with E-state index in [2.05, 4.69) is 69.0 Å². The van der Waals surface area contributed by atoms with Crippen LogP contribution in [0.15, 0.2) is 48.5 Å². The fraction of sp³-hybridized carbons (Fsp3) is 0.651. The Morgan fingerprint density at radius 2 is 0.800 bits per heavy atom. The molecule has 0 aliphatic carbocycles. The van der Waals surface area contributed by atoms with Crippen LogP contribution in [0.2, 0.25) is 0 Å². The van der Waals surface area contributed by atoms with Crippen LogP contribution in [0.3, 0.4) is 0 Å². The van der Waals surface area contributed by atoms with Crippen molar-refractivity contribution in [2.24, 2.45) is 11.8 Å². The third kappa shape index (κ3) is 17.8. The van der Waals surface area contributed by atoms with Gasteiger partial charge in [-0.15, -0.1) is 0 Å². The number of rotatable bonds is 28. The fourth-order valence-electron chi connectivity index (χ4n) is 6.68. The Morgan fingerprint density at radius 1 is 0.467 bits per heavy atom. The Morgan fingerprint density at radius 3 is 1.13 bits per heavy atom. The molecule has 2 heteroatoms. The Balaban J connectivity index is 2.24. The zero-order valence-corrected chi connectivity index (χ0v) is 29.9. The van der Waals surface area contributed by atoms with E-state index >= 15 is 0 Å². The van der Waals surface area contributed by atoms with E-state index in [-0.39, 0.29) is 0 Å². The van der Waals surface area contributed by atoms with Crippen molar-refractivity contribution in [2.75, 3.05) is 18.0 Å². The number of carbonyl (C=O) groups excluding carboxylic acids is 1. The minimum atomic E-state index is 0.722. The molecule has 0 spiro atoms. The van der Waals surface area contributed by atoms with Crippen molar-refractivity contribution in [3.05, 3.63) is 65.2 Å². The van der Waals surface area contributed by atoms with Crippen LogP contribution in [-0.2, 0) is 0 Å². The summed E-state index contributed by atoms with van der Waals surface area (Å²) in [4.78, 5) is 13.8. The molecular formula is C43H69NO. The summed E-state index contributed by atoms with van der Waals surface area (Å²) in [6, 6.07) is 17.2. The van der Waals surface area contributed by atoms with Gasteiger partial charge >= 0.3 is 0 Å². The van der Waals surface area contributed by atoms with Gasteiger partial charge in [0.15, 0.2) is 0 Å². The van der Waals surface area contributed by atoms with Crippen molar-refractivity contribution in [3.63, 3.8) is 0 Å². The molecule has 0 heterocycles. The molecule has 2 aromatic rings. The molecule has 0 fully saturated rings. The number of hydrogen-bond donors (Lipinski definition) is 0. The number of anilines is 1. The molecule has 0 aliphatic heterocycles. The maximum atomic E-state index is 11.0. The summed E-state index contributed by atoms with van der Waals surface area (Å²) in [5.41, 5.74) is 4.47. The van der Waals surface area contributed by atoms with Gasteiger partial charge in [-0.2, -0.15) is 0 Å². The van der Waals surface area contributed by atoms with Crippen LogP contribution in [0.5, 0.6) is 0 Å². The summed E-state index contributed by atoms with van der Waals surface area (Å²) >= 11 is 0. The molecule has 2 nitrogen and oxygen atoms in total. The molecule has 0 aromatic heterocycles. The summed E-state index contributed by atoms with van der Waals surface area (Å²) in [5.74, 6) is 1.57. The van der Waals surface area contributed by atoms with E-state index in [0.717, 1.165) is 29.2 Å². The quantitative estimate of drug-likeness (QED) is 0.0539. The average Bonchev–Trinajstić information content (AvgIpc) is 3.07. The lowest BCUT2D eigenvalue weighted by atomic mass is 9.91. The smallest absolute Gasteiger partial charge is 0.150 e. The number of aldehydes is 1. The number of carbonyl (C=O) groups is 1. The first-order valence-corrected chi connectivity index (χ1v) is 19.2. The van der Waals surface area contributed by atoms with Crippen molar-refractivity contribution in [1.82, 2.24) is 0 Å². The van der Waals surface area contributed by atoms with Gasteiger partial charge in [-0.1, -0.05) is 179 Å². The topological polar surface area (TPSA) is 20.3 Å². The molecule has 0 bridgehead atoms. The van der Waals surface area contributed by atoms with Crippen molar-refractivity contribution >= 4 is 24.1 Å². The van der Waals surface area contributed by atoms with E-state index < -0.39 is 0 Å². The second-order valence-electron chi connectivity index (χ2n) is 13.7. The molecule has 0 saturated carbocycles. The van der Waals surface area contributed by atoms with Crippen molar-refractivity contribution in [1.29, 1.82) is 0 Å². The van der Waals surface area contributed by atoms with Crippen LogP contribution in [-0.4, -0.2) is 19.4 Å². The Kier molecular flexibility index (Phi) is 22.3. The lowest BCUT2D eigenvalue weighted by Crippen LogP contribution is -2.34.